The van der Waals surface area contributed by atoms with Gasteiger partial charge in [-0.15, -0.1) is 0 Å². The number of nitrogens with zero attached hydrogens (tertiary/aromatic N) is 2. The largest absolute Gasteiger partial charge is 0.459 e. The highest BCUT2D eigenvalue weighted by atomic mass is 19.3. The first-order valence-electron chi connectivity index (χ1n) is 10.5. The van der Waals surface area contributed by atoms with Crippen LogP contribution in [0.25, 0.3) is 0 Å². The highest BCUT2D eigenvalue weighted by Crippen LogP contribution is 2.39. The quantitative estimate of drug-likeness (QED) is 0.274. The number of ether oxygens (including phenoxy) is 4. The topological polar surface area (TPSA) is 77.3 Å². The average molecular weight is 477 g/mol. The van der Waals surface area contributed by atoms with E-state index < -0.39 is 43.0 Å². The van der Waals surface area contributed by atoms with Gasteiger partial charge in [0.2, 0.25) is 6.10 Å². The van der Waals surface area contributed by atoms with E-state index in [0.717, 1.165) is 0 Å². The van der Waals surface area contributed by atoms with Crippen molar-refractivity contribution in [3.63, 3.8) is 0 Å². The minimum Gasteiger partial charge on any atom is -0.459 e. The molecule has 0 aromatic heterocycles. The van der Waals surface area contributed by atoms with Crippen LogP contribution < -0.4 is 0 Å². The number of hydrogen-bond donors (Lipinski definition) is 0. The molecule has 34 heavy (non-hydrogen) atoms. The van der Waals surface area contributed by atoms with Gasteiger partial charge in [0.1, 0.15) is 12.7 Å². The zero-order chi connectivity index (χ0) is 24.9. The third-order valence-corrected chi connectivity index (χ3v) is 4.94. The lowest BCUT2D eigenvalue weighted by molar-refractivity contribution is -0.484. The molecule has 1 aliphatic heterocycles. The smallest absolute Gasteiger partial charge is 0.447 e. The number of alkyl halides is 2. The zero-order valence-corrected chi connectivity index (χ0v) is 19.3. The van der Waals surface area contributed by atoms with Gasteiger partial charge in [0.05, 0.1) is 39.3 Å². The Morgan fingerprint density at radius 1 is 0.941 bits per heavy atom. The number of amidine groups is 1. The highest BCUT2D eigenvalue weighted by Gasteiger charge is 2.64. The molecule has 1 heterocycles. The van der Waals surface area contributed by atoms with Crippen LogP contribution in [0.3, 0.4) is 0 Å². The predicted octanol–water partition coefficient (Wildman–Crippen LogP) is 2.64. The molecule has 1 fully saturated rings. The lowest BCUT2D eigenvalue weighted by Crippen LogP contribution is -2.47. The Balaban J connectivity index is 1.83. The Hall–Kier alpha value is -3.53. The maximum atomic E-state index is 15.4. The molecule has 182 valence electrons. The van der Waals surface area contributed by atoms with E-state index in [1.165, 1.54) is 33.7 Å². The first-order chi connectivity index (χ1) is 16.1. The van der Waals surface area contributed by atoms with E-state index in [4.69, 9.17) is 18.9 Å². The van der Waals surface area contributed by atoms with Crippen molar-refractivity contribution in [2.24, 2.45) is 0 Å². The summed E-state index contributed by atoms with van der Waals surface area (Å²) >= 11 is 0. The number of esters is 2. The standard InChI is InChI=1S/C24H27F2N2O6/c1-27(2)23(28(3)4)34-22-24(25,26)19(33-21(30)17-13-9-6-10-14-17)18(32-22)15-31-20(29)16-11-7-5-8-12-16/h5-14,18-19,22H,15H2,1-4H3/q+1/t18-,19+,22?/m1/s1. The van der Waals surface area contributed by atoms with Crippen molar-refractivity contribution in [3.05, 3.63) is 71.8 Å². The van der Waals surface area contributed by atoms with Gasteiger partial charge in [0.25, 0.3) is 6.29 Å². The molecule has 3 rings (SSSR count). The molecule has 2 aromatic rings. The molecule has 3 atom stereocenters. The fourth-order valence-corrected chi connectivity index (χ4v) is 3.37. The number of carbonyl (C=O) groups excluding carboxylic acids is 2. The van der Waals surface area contributed by atoms with E-state index in [-0.39, 0.29) is 17.1 Å². The Bertz CT molecular complexity index is 1030. The summed E-state index contributed by atoms with van der Waals surface area (Å²) in [6, 6.07) is 15.9. The number of hydrogen-bond acceptors (Lipinski definition) is 6. The maximum absolute atomic E-state index is 15.4. The van der Waals surface area contributed by atoms with Crippen LogP contribution in [0, 0.1) is 0 Å². The molecule has 0 radical (unpaired) electrons. The summed E-state index contributed by atoms with van der Waals surface area (Å²) in [4.78, 5) is 26.4. The second kappa shape index (κ2) is 10.6. The first kappa shape index (κ1) is 25.1. The third kappa shape index (κ3) is 5.69. The summed E-state index contributed by atoms with van der Waals surface area (Å²) in [5, 5.41) is 0. The van der Waals surface area contributed by atoms with Gasteiger partial charge in [-0.25, -0.2) is 19.1 Å². The normalized spacial score (nSPS) is 20.8. The number of carbonyl (C=O) groups is 2. The Kier molecular flexibility index (Phi) is 7.83. The van der Waals surface area contributed by atoms with Crippen LogP contribution in [0.4, 0.5) is 8.78 Å². The van der Waals surface area contributed by atoms with Gasteiger partial charge in [-0.3, -0.25) is 0 Å². The van der Waals surface area contributed by atoms with E-state index in [0.29, 0.717) is 0 Å². The molecule has 0 bridgehead atoms. The SMILES string of the molecule is CN(C)C(OC1O[C@H](COC(=O)c2ccccc2)[C@H](OC(=O)c2ccccc2)C1(F)F)=[N+](C)C. The molecule has 0 aliphatic carbocycles. The Morgan fingerprint density at radius 2 is 1.47 bits per heavy atom. The van der Waals surface area contributed by atoms with Gasteiger partial charge in [0, 0.05) is 0 Å². The monoisotopic (exact) mass is 477 g/mol. The van der Waals surface area contributed by atoms with Crippen molar-refractivity contribution < 1.29 is 41.9 Å². The van der Waals surface area contributed by atoms with Crippen molar-refractivity contribution in [1.29, 1.82) is 0 Å². The van der Waals surface area contributed by atoms with Crippen LogP contribution in [0.15, 0.2) is 60.7 Å². The van der Waals surface area contributed by atoms with Crippen LogP contribution in [-0.2, 0) is 18.9 Å². The fourth-order valence-electron chi connectivity index (χ4n) is 3.37. The van der Waals surface area contributed by atoms with Crippen LogP contribution in [0.5, 0.6) is 0 Å². The van der Waals surface area contributed by atoms with E-state index in [1.807, 2.05) is 0 Å². The lowest BCUT2D eigenvalue weighted by Gasteiger charge is -2.24. The highest BCUT2D eigenvalue weighted by molar-refractivity contribution is 5.90. The zero-order valence-electron chi connectivity index (χ0n) is 19.3. The van der Waals surface area contributed by atoms with E-state index in [9.17, 15) is 9.59 Å². The molecule has 8 nitrogen and oxygen atoms in total. The molecule has 2 aromatic carbocycles. The molecule has 1 aliphatic rings. The van der Waals surface area contributed by atoms with Crippen LogP contribution in [0.1, 0.15) is 20.7 Å². The molecular weight excluding hydrogens is 450 g/mol. The van der Waals surface area contributed by atoms with Crippen LogP contribution in [-0.4, -0.2) is 86.7 Å². The van der Waals surface area contributed by atoms with Crippen LogP contribution >= 0.6 is 0 Å². The van der Waals surface area contributed by atoms with E-state index in [2.05, 4.69) is 0 Å². The molecule has 10 heteroatoms. The number of halogens is 2. The molecule has 1 saturated heterocycles. The fraction of sp³-hybridized carbons (Fsp3) is 0.375. The summed E-state index contributed by atoms with van der Waals surface area (Å²) in [7, 11) is 6.48. The molecule has 0 spiro atoms. The van der Waals surface area contributed by atoms with E-state index in [1.54, 1.807) is 64.6 Å². The van der Waals surface area contributed by atoms with Crippen molar-refractivity contribution in [2.75, 3.05) is 34.8 Å². The van der Waals surface area contributed by atoms with Gasteiger partial charge in [-0.05, 0) is 24.3 Å². The van der Waals surface area contributed by atoms with Gasteiger partial charge in [-0.2, -0.15) is 8.78 Å². The molecule has 1 unspecified atom stereocenters. The Morgan fingerprint density at radius 3 is 1.97 bits per heavy atom. The van der Waals surface area contributed by atoms with Gasteiger partial charge < -0.3 is 18.9 Å². The van der Waals surface area contributed by atoms with Crippen molar-refractivity contribution in [2.45, 2.75) is 24.4 Å². The summed E-state index contributed by atoms with van der Waals surface area (Å²) in [6.07, 6.45) is -5.61. The van der Waals surface area contributed by atoms with Gasteiger partial charge in [0.15, 0.2) is 0 Å². The molecule has 0 saturated carbocycles. The van der Waals surface area contributed by atoms with Gasteiger partial charge in [-0.1, -0.05) is 36.4 Å². The minimum atomic E-state index is -3.74. The number of benzene rings is 2. The molecule has 0 amide bonds. The minimum absolute atomic E-state index is 0.0940. The van der Waals surface area contributed by atoms with Crippen molar-refractivity contribution in [1.82, 2.24) is 4.90 Å². The predicted molar refractivity (Wildman–Crippen MR) is 118 cm³/mol. The lowest BCUT2D eigenvalue weighted by atomic mass is 10.1. The van der Waals surface area contributed by atoms with Gasteiger partial charge >= 0.3 is 23.9 Å². The summed E-state index contributed by atoms with van der Waals surface area (Å²) in [6.45, 7) is -0.574. The maximum Gasteiger partial charge on any atom is 0.447 e. The van der Waals surface area contributed by atoms with Crippen LogP contribution in [0.2, 0.25) is 0 Å². The Labute approximate surface area is 196 Å². The summed E-state index contributed by atoms with van der Waals surface area (Å²) in [5.74, 6) is -5.43. The third-order valence-electron chi connectivity index (χ3n) is 4.94. The average Bonchev–Trinajstić information content (AvgIpc) is 3.05. The van der Waals surface area contributed by atoms with Crippen molar-refractivity contribution in [3.8, 4) is 0 Å². The molecular formula is C24H27F2N2O6+. The van der Waals surface area contributed by atoms with Crippen molar-refractivity contribution >= 4 is 18.0 Å². The van der Waals surface area contributed by atoms with E-state index >= 15 is 8.78 Å². The first-order valence-corrected chi connectivity index (χ1v) is 10.5. The summed E-state index contributed by atoms with van der Waals surface area (Å²) < 4.78 is 53.6. The number of rotatable bonds is 6. The second-order valence-electron chi connectivity index (χ2n) is 8.03. The molecule has 0 N–H and O–H groups in total. The second-order valence-corrected chi connectivity index (χ2v) is 8.03. The summed E-state index contributed by atoms with van der Waals surface area (Å²) in [5.41, 5.74) is 0.338.